The van der Waals surface area contributed by atoms with Gasteiger partial charge >= 0.3 is 11.9 Å². The Morgan fingerprint density at radius 1 is 1.03 bits per heavy atom. The van der Waals surface area contributed by atoms with Crippen LogP contribution in [0.3, 0.4) is 0 Å². The first-order valence-electron chi connectivity index (χ1n) is 10.3. The molecule has 32 heavy (non-hydrogen) atoms. The Kier molecular flexibility index (Phi) is 5.33. The van der Waals surface area contributed by atoms with Gasteiger partial charge in [0.2, 0.25) is 6.10 Å². The highest BCUT2D eigenvalue weighted by Crippen LogP contribution is 2.35. The fourth-order valence-electron chi connectivity index (χ4n) is 3.56. The third kappa shape index (κ3) is 4.07. The Balaban J connectivity index is 1.47. The van der Waals surface area contributed by atoms with Crippen LogP contribution in [0, 0.1) is 0 Å². The number of esters is 2. The van der Waals surface area contributed by atoms with Crippen LogP contribution in [0.5, 0.6) is 11.5 Å². The molecule has 0 unspecified atom stereocenters. The van der Waals surface area contributed by atoms with Crippen LogP contribution in [0.1, 0.15) is 12.0 Å². The fourth-order valence-corrected chi connectivity index (χ4v) is 3.56. The van der Waals surface area contributed by atoms with Crippen molar-refractivity contribution in [3.63, 3.8) is 0 Å². The number of carbonyl (C=O) groups excluding carboxylic acids is 2. The molecule has 2 aromatic carbocycles. The highest BCUT2D eigenvalue weighted by Gasteiger charge is 2.29. The molecular formula is C24H20N2O6. The van der Waals surface area contributed by atoms with Crippen molar-refractivity contribution in [2.75, 3.05) is 19.8 Å². The van der Waals surface area contributed by atoms with E-state index in [0.29, 0.717) is 42.4 Å². The van der Waals surface area contributed by atoms with Crippen LogP contribution in [0.2, 0.25) is 0 Å². The van der Waals surface area contributed by atoms with E-state index >= 15 is 0 Å². The third-order valence-electron chi connectivity index (χ3n) is 5.12. The molecule has 1 fully saturated rings. The summed E-state index contributed by atoms with van der Waals surface area (Å²) in [5, 5.41) is 4.74. The lowest BCUT2D eigenvalue weighted by atomic mass is 10.1. The molecule has 0 amide bonds. The second kappa shape index (κ2) is 8.58. The number of hydrogen-bond donors (Lipinski definition) is 0. The molecule has 1 saturated heterocycles. The summed E-state index contributed by atoms with van der Waals surface area (Å²) < 4.78 is 23.1. The van der Waals surface area contributed by atoms with E-state index in [1.165, 1.54) is 6.08 Å². The minimum atomic E-state index is -0.851. The molecule has 3 aromatic rings. The first kappa shape index (κ1) is 19.9. The lowest BCUT2D eigenvalue weighted by molar-refractivity contribution is -0.156. The van der Waals surface area contributed by atoms with Gasteiger partial charge in [0.1, 0.15) is 18.9 Å². The number of para-hydroxylation sites is 1. The number of hydrogen-bond acceptors (Lipinski definition) is 7. The molecule has 0 aliphatic carbocycles. The Morgan fingerprint density at radius 2 is 1.84 bits per heavy atom. The molecule has 3 heterocycles. The van der Waals surface area contributed by atoms with Gasteiger partial charge in [0.15, 0.2) is 11.5 Å². The Labute approximate surface area is 184 Å². The van der Waals surface area contributed by atoms with Crippen LogP contribution in [-0.2, 0) is 19.1 Å². The molecule has 1 aromatic heterocycles. The van der Waals surface area contributed by atoms with Crippen LogP contribution < -0.4 is 9.47 Å². The maximum absolute atomic E-state index is 12.3. The maximum atomic E-state index is 12.3. The van der Waals surface area contributed by atoms with Gasteiger partial charge in [-0.05, 0) is 36.4 Å². The molecule has 8 nitrogen and oxygen atoms in total. The molecule has 162 valence electrons. The number of ether oxygens (including phenoxy) is 4. The van der Waals surface area contributed by atoms with Crippen LogP contribution in [0.4, 0.5) is 0 Å². The zero-order valence-electron chi connectivity index (χ0n) is 17.1. The van der Waals surface area contributed by atoms with Crippen molar-refractivity contribution in [2.45, 2.75) is 12.5 Å². The van der Waals surface area contributed by atoms with Crippen molar-refractivity contribution >= 4 is 18.0 Å². The van der Waals surface area contributed by atoms with Gasteiger partial charge in [-0.1, -0.05) is 18.2 Å². The molecule has 5 rings (SSSR count). The van der Waals surface area contributed by atoms with E-state index in [-0.39, 0.29) is 6.61 Å². The summed E-state index contributed by atoms with van der Waals surface area (Å²) >= 11 is 0. The Bertz CT molecular complexity index is 1180. The number of rotatable bonds is 5. The van der Waals surface area contributed by atoms with Gasteiger partial charge in [-0.25, -0.2) is 14.3 Å². The second-order valence-corrected chi connectivity index (χ2v) is 7.29. The number of carbonyl (C=O) groups is 2. The summed E-state index contributed by atoms with van der Waals surface area (Å²) in [5.74, 6) is 0.207. The van der Waals surface area contributed by atoms with Crippen LogP contribution in [0.25, 0.3) is 23.0 Å². The highest BCUT2D eigenvalue weighted by molar-refractivity contribution is 5.91. The molecule has 2 aliphatic heterocycles. The Hall–Kier alpha value is -4.07. The zero-order chi connectivity index (χ0) is 21.9. The van der Waals surface area contributed by atoms with Crippen molar-refractivity contribution in [2.24, 2.45) is 0 Å². The topological polar surface area (TPSA) is 88.9 Å². The summed E-state index contributed by atoms with van der Waals surface area (Å²) in [5.41, 5.74) is 3.06. The van der Waals surface area contributed by atoms with E-state index in [1.807, 2.05) is 54.7 Å². The normalized spacial score (nSPS) is 17.4. The van der Waals surface area contributed by atoms with Crippen molar-refractivity contribution in [3.8, 4) is 28.4 Å². The highest BCUT2D eigenvalue weighted by atomic mass is 16.6. The predicted molar refractivity (Wildman–Crippen MR) is 114 cm³/mol. The third-order valence-corrected chi connectivity index (χ3v) is 5.12. The van der Waals surface area contributed by atoms with E-state index in [1.54, 1.807) is 10.8 Å². The minimum Gasteiger partial charge on any atom is -0.486 e. The quantitative estimate of drug-likeness (QED) is 0.452. The number of aromatic nitrogens is 2. The number of nitrogens with zero attached hydrogens (tertiary/aromatic N) is 2. The van der Waals surface area contributed by atoms with Crippen molar-refractivity contribution < 1.29 is 28.5 Å². The van der Waals surface area contributed by atoms with E-state index in [4.69, 9.17) is 24.0 Å². The molecule has 0 spiro atoms. The molecule has 1 atom stereocenters. The lowest BCUT2D eigenvalue weighted by Gasteiger charge is -2.18. The summed E-state index contributed by atoms with van der Waals surface area (Å²) in [6.07, 6.45) is 4.26. The van der Waals surface area contributed by atoms with Gasteiger partial charge in [-0.2, -0.15) is 5.10 Å². The molecule has 2 aliphatic rings. The van der Waals surface area contributed by atoms with Crippen molar-refractivity contribution in [1.29, 1.82) is 0 Å². The first-order chi connectivity index (χ1) is 15.7. The average Bonchev–Trinajstić information content (AvgIpc) is 3.44. The molecule has 0 saturated carbocycles. The predicted octanol–water partition coefficient (Wildman–Crippen LogP) is 3.18. The standard InChI is InChI=1S/C24H20N2O6/c27-22(32-20-10-11-31-24(20)28)9-7-17-15-26(18-4-2-1-3-5-18)25-23(17)16-6-8-19-21(14-16)30-13-12-29-19/h1-9,14-15,20H,10-13H2/b9-7-/t20-/m1/s1. The lowest BCUT2D eigenvalue weighted by Crippen LogP contribution is -2.21. The van der Waals surface area contributed by atoms with Crippen molar-refractivity contribution in [1.82, 2.24) is 9.78 Å². The van der Waals surface area contributed by atoms with Crippen LogP contribution >= 0.6 is 0 Å². The van der Waals surface area contributed by atoms with E-state index in [0.717, 1.165) is 11.3 Å². The molecule has 0 radical (unpaired) electrons. The monoisotopic (exact) mass is 432 g/mol. The zero-order valence-corrected chi connectivity index (χ0v) is 17.1. The number of fused-ring (bicyclic) bond motifs is 1. The van der Waals surface area contributed by atoms with Gasteiger partial charge in [-0.15, -0.1) is 0 Å². The summed E-state index contributed by atoms with van der Waals surface area (Å²) in [4.78, 5) is 23.8. The van der Waals surface area contributed by atoms with E-state index in [2.05, 4.69) is 0 Å². The summed E-state index contributed by atoms with van der Waals surface area (Å²) in [7, 11) is 0. The summed E-state index contributed by atoms with van der Waals surface area (Å²) in [6, 6.07) is 15.3. The minimum absolute atomic E-state index is 0.263. The fraction of sp³-hybridized carbons (Fsp3) is 0.208. The SMILES string of the molecule is O=C(/C=C\c1cn(-c2ccccc2)nc1-c1ccc2c(c1)OCCO2)O[C@@H]1CCOC1=O. The van der Waals surface area contributed by atoms with Gasteiger partial charge in [0.05, 0.1) is 12.3 Å². The maximum Gasteiger partial charge on any atom is 0.347 e. The van der Waals surface area contributed by atoms with Gasteiger partial charge in [0, 0.05) is 29.8 Å². The second-order valence-electron chi connectivity index (χ2n) is 7.29. The first-order valence-corrected chi connectivity index (χ1v) is 10.3. The Morgan fingerprint density at radius 3 is 2.62 bits per heavy atom. The molecule has 8 heteroatoms. The van der Waals surface area contributed by atoms with Crippen LogP contribution in [0.15, 0.2) is 60.8 Å². The number of cyclic esters (lactones) is 1. The molecule has 0 bridgehead atoms. The number of benzene rings is 2. The largest absolute Gasteiger partial charge is 0.486 e. The smallest absolute Gasteiger partial charge is 0.347 e. The van der Waals surface area contributed by atoms with Gasteiger partial charge in [-0.3, -0.25) is 0 Å². The van der Waals surface area contributed by atoms with E-state index in [9.17, 15) is 9.59 Å². The molecular weight excluding hydrogens is 412 g/mol. The van der Waals surface area contributed by atoms with E-state index < -0.39 is 18.0 Å². The van der Waals surface area contributed by atoms with Crippen molar-refractivity contribution in [3.05, 3.63) is 66.4 Å². The van der Waals surface area contributed by atoms with Gasteiger partial charge < -0.3 is 18.9 Å². The summed E-state index contributed by atoms with van der Waals surface area (Å²) in [6.45, 7) is 1.26. The van der Waals surface area contributed by atoms with Gasteiger partial charge in [0.25, 0.3) is 0 Å². The van der Waals surface area contributed by atoms with Crippen LogP contribution in [-0.4, -0.2) is 47.6 Å². The average molecular weight is 432 g/mol. The molecule has 0 N–H and O–H groups in total.